The number of amides is 1. The Morgan fingerprint density at radius 2 is 2.39 bits per heavy atom. The van der Waals surface area contributed by atoms with Crippen molar-refractivity contribution in [1.29, 1.82) is 0 Å². The van der Waals surface area contributed by atoms with E-state index < -0.39 is 4.92 Å². The van der Waals surface area contributed by atoms with E-state index >= 15 is 0 Å². The first-order valence-corrected chi connectivity index (χ1v) is 5.99. The summed E-state index contributed by atoms with van der Waals surface area (Å²) in [6.07, 6.45) is 3.94. The number of aromatic amines is 1. The Hall–Kier alpha value is -2.22. The summed E-state index contributed by atoms with van der Waals surface area (Å²) in [7, 11) is 0. The molecule has 0 aliphatic carbocycles. The Kier molecular flexibility index (Phi) is 3.68. The molecule has 2 rings (SSSR count). The van der Waals surface area contributed by atoms with Gasteiger partial charge in [0.05, 0.1) is 9.80 Å². The molecule has 8 heteroatoms. The maximum atomic E-state index is 11.7. The largest absolute Gasteiger partial charge is 0.351 e. The molecule has 7 nitrogen and oxygen atoms in total. The number of carbonyl (C=O) groups is 1. The quantitative estimate of drug-likeness (QED) is 0.630. The van der Waals surface area contributed by atoms with E-state index in [0.29, 0.717) is 17.8 Å². The highest BCUT2D eigenvalue weighted by Crippen LogP contribution is 2.23. The van der Waals surface area contributed by atoms with Gasteiger partial charge in [-0.2, -0.15) is 0 Å². The van der Waals surface area contributed by atoms with Gasteiger partial charge in [-0.05, 0) is 6.07 Å². The molecule has 1 amide bonds. The fourth-order valence-corrected chi connectivity index (χ4v) is 2.10. The first-order chi connectivity index (χ1) is 8.66. The lowest BCUT2D eigenvalue weighted by atomic mass is 10.4. The van der Waals surface area contributed by atoms with Gasteiger partial charge in [0.1, 0.15) is 5.82 Å². The molecule has 0 saturated carbocycles. The molecule has 2 aromatic heterocycles. The van der Waals surface area contributed by atoms with Gasteiger partial charge in [0.25, 0.3) is 5.91 Å². The Labute approximate surface area is 106 Å². The standard InChI is InChI=1S/C10H10N4O3S/c15-10(7-1-2-9(18-7)14(16)17)13-4-3-8-11-5-6-12-8/h1-2,5-6H,3-4H2,(H,11,12)(H,13,15). The zero-order chi connectivity index (χ0) is 13.0. The van der Waals surface area contributed by atoms with Crippen LogP contribution in [0.5, 0.6) is 0 Å². The fourth-order valence-electron chi connectivity index (χ4n) is 1.36. The van der Waals surface area contributed by atoms with E-state index in [1.54, 1.807) is 12.4 Å². The van der Waals surface area contributed by atoms with Crippen molar-refractivity contribution in [3.8, 4) is 0 Å². The number of imidazole rings is 1. The number of hydrogen-bond donors (Lipinski definition) is 2. The highest BCUT2D eigenvalue weighted by atomic mass is 32.1. The van der Waals surface area contributed by atoms with Crippen LogP contribution in [0.2, 0.25) is 0 Å². The van der Waals surface area contributed by atoms with Gasteiger partial charge < -0.3 is 10.3 Å². The number of nitro groups is 1. The minimum atomic E-state index is -0.510. The van der Waals surface area contributed by atoms with Gasteiger partial charge in [0.2, 0.25) is 0 Å². The van der Waals surface area contributed by atoms with Crippen LogP contribution in [-0.2, 0) is 6.42 Å². The van der Waals surface area contributed by atoms with Crippen LogP contribution in [0.1, 0.15) is 15.5 Å². The van der Waals surface area contributed by atoms with Gasteiger partial charge in [-0.1, -0.05) is 11.3 Å². The van der Waals surface area contributed by atoms with Crippen molar-refractivity contribution in [1.82, 2.24) is 15.3 Å². The predicted molar refractivity (Wildman–Crippen MR) is 65.6 cm³/mol. The lowest BCUT2D eigenvalue weighted by Crippen LogP contribution is -2.25. The maximum absolute atomic E-state index is 11.7. The van der Waals surface area contributed by atoms with Crippen molar-refractivity contribution < 1.29 is 9.72 Å². The third kappa shape index (κ3) is 2.92. The number of nitrogens with zero attached hydrogens (tertiary/aromatic N) is 2. The van der Waals surface area contributed by atoms with Crippen molar-refractivity contribution >= 4 is 22.2 Å². The summed E-state index contributed by atoms with van der Waals surface area (Å²) in [6.45, 7) is 0.429. The minimum Gasteiger partial charge on any atom is -0.351 e. The van der Waals surface area contributed by atoms with Gasteiger partial charge in [-0.3, -0.25) is 14.9 Å². The summed E-state index contributed by atoms with van der Waals surface area (Å²) in [5, 5.41) is 13.1. The minimum absolute atomic E-state index is 0.0359. The fraction of sp³-hybridized carbons (Fsp3) is 0.200. The van der Waals surface area contributed by atoms with E-state index in [4.69, 9.17) is 0 Å². The maximum Gasteiger partial charge on any atom is 0.324 e. The van der Waals surface area contributed by atoms with Gasteiger partial charge in [0.15, 0.2) is 0 Å². The van der Waals surface area contributed by atoms with Crippen molar-refractivity contribution in [2.75, 3.05) is 6.54 Å². The number of aromatic nitrogens is 2. The number of hydrogen-bond acceptors (Lipinski definition) is 5. The molecular weight excluding hydrogens is 256 g/mol. The molecule has 0 fully saturated rings. The summed E-state index contributed by atoms with van der Waals surface area (Å²) in [5.41, 5.74) is 0. The van der Waals surface area contributed by atoms with Crippen molar-refractivity contribution in [2.45, 2.75) is 6.42 Å². The monoisotopic (exact) mass is 266 g/mol. The summed E-state index contributed by atoms with van der Waals surface area (Å²) in [6, 6.07) is 2.77. The van der Waals surface area contributed by atoms with Crippen LogP contribution in [0.25, 0.3) is 0 Å². The molecule has 0 atom stereocenters. The number of carbonyl (C=O) groups excluding carboxylic acids is 1. The average molecular weight is 266 g/mol. The van der Waals surface area contributed by atoms with Crippen LogP contribution < -0.4 is 5.32 Å². The average Bonchev–Trinajstić information content (AvgIpc) is 2.99. The van der Waals surface area contributed by atoms with Crippen molar-refractivity contribution in [2.24, 2.45) is 0 Å². The third-order valence-corrected chi connectivity index (χ3v) is 3.23. The zero-order valence-electron chi connectivity index (χ0n) is 9.25. The molecule has 0 aromatic carbocycles. The van der Waals surface area contributed by atoms with E-state index in [1.165, 1.54) is 12.1 Å². The van der Waals surface area contributed by atoms with Gasteiger partial charge >= 0.3 is 5.00 Å². The van der Waals surface area contributed by atoms with Crippen molar-refractivity contribution in [3.63, 3.8) is 0 Å². The second-order valence-corrected chi connectivity index (χ2v) is 4.50. The molecule has 0 bridgehead atoms. The van der Waals surface area contributed by atoms with Gasteiger partial charge in [-0.15, -0.1) is 0 Å². The normalized spacial score (nSPS) is 10.2. The number of thiophene rings is 1. The zero-order valence-corrected chi connectivity index (χ0v) is 10.1. The highest BCUT2D eigenvalue weighted by Gasteiger charge is 2.14. The molecule has 2 aromatic rings. The Morgan fingerprint density at radius 1 is 1.56 bits per heavy atom. The van der Waals surface area contributed by atoms with E-state index in [9.17, 15) is 14.9 Å². The topological polar surface area (TPSA) is 101 Å². The smallest absolute Gasteiger partial charge is 0.324 e. The summed E-state index contributed by atoms with van der Waals surface area (Å²) in [5.74, 6) is 0.479. The molecule has 0 aliphatic heterocycles. The lowest BCUT2D eigenvalue weighted by molar-refractivity contribution is -0.380. The number of H-pyrrole nitrogens is 1. The molecule has 94 valence electrons. The summed E-state index contributed by atoms with van der Waals surface area (Å²) >= 11 is 0.862. The first-order valence-electron chi connectivity index (χ1n) is 5.17. The molecule has 0 spiro atoms. The summed E-state index contributed by atoms with van der Waals surface area (Å²) < 4.78 is 0. The van der Waals surface area contributed by atoms with Gasteiger partial charge in [0, 0.05) is 31.4 Å². The lowest BCUT2D eigenvalue weighted by Gasteiger charge is -2.00. The third-order valence-electron chi connectivity index (χ3n) is 2.20. The van der Waals surface area contributed by atoms with Gasteiger partial charge in [-0.25, -0.2) is 4.98 Å². The van der Waals surface area contributed by atoms with Crippen LogP contribution in [0.4, 0.5) is 5.00 Å². The molecule has 18 heavy (non-hydrogen) atoms. The molecule has 0 unspecified atom stereocenters. The van der Waals surface area contributed by atoms with E-state index in [2.05, 4.69) is 15.3 Å². The Balaban J connectivity index is 1.85. The number of nitrogens with one attached hydrogen (secondary N) is 2. The molecule has 0 saturated heterocycles. The van der Waals surface area contributed by atoms with Crippen molar-refractivity contribution in [3.05, 3.63) is 45.3 Å². The molecule has 0 aliphatic rings. The molecule has 0 radical (unpaired) electrons. The molecule has 2 N–H and O–H groups in total. The molecule has 2 heterocycles. The van der Waals surface area contributed by atoms with E-state index in [-0.39, 0.29) is 10.9 Å². The SMILES string of the molecule is O=C(NCCc1ncc[nH]1)c1ccc([N+](=O)[O-])s1. The van der Waals surface area contributed by atoms with Crippen LogP contribution in [-0.4, -0.2) is 27.3 Å². The van der Waals surface area contributed by atoms with E-state index in [1.807, 2.05) is 0 Å². The second-order valence-electron chi connectivity index (χ2n) is 3.44. The van der Waals surface area contributed by atoms with Crippen LogP contribution in [0, 0.1) is 10.1 Å². The highest BCUT2D eigenvalue weighted by molar-refractivity contribution is 7.17. The number of rotatable bonds is 5. The molecular formula is C10H10N4O3S. The second kappa shape index (κ2) is 5.41. The van der Waals surface area contributed by atoms with Crippen LogP contribution in [0.15, 0.2) is 24.5 Å². The predicted octanol–water partition coefficient (Wildman–Crippen LogP) is 1.35. The Morgan fingerprint density at radius 3 is 3.00 bits per heavy atom. The summed E-state index contributed by atoms with van der Waals surface area (Å²) in [4.78, 5) is 28.9. The van der Waals surface area contributed by atoms with Crippen LogP contribution >= 0.6 is 11.3 Å². The first kappa shape index (κ1) is 12.2. The Bertz CT molecular complexity index is 549. The van der Waals surface area contributed by atoms with Crippen LogP contribution in [0.3, 0.4) is 0 Å². The van der Waals surface area contributed by atoms with E-state index in [0.717, 1.165) is 17.2 Å².